The molecule has 8 heteroatoms. The van der Waals surface area contributed by atoms with Crippen LogP contribution in [-0.4, -0.2) is 41.4 Å². The Hall–Kier alpha value is -3.42. The highest BCUT2D eigenvalue weighted by Crippen LogP contribution is 2.23. The second kappa shape index (κ2) is 9.18. The van der Waals surface area contributed by atoms with Crippen LogP contribution < -0.4 is 5.73 Å². The number of hydrogen-bond acceptors (Lipinski definition) is 6. The number of non-ortho nitro benzene ring substituents is 1. The van der Waals surface area contributed by atoms with Crippen molar-refractivity contribution >= 4 is 23.3 Å². The van der Waals surface area contributed by atoms with Crippen molar-refractivity contribution in [3.8, 4) is 0 Å². The monoisotopic (exact) mass is 397 g/mol. The molecule has 1 fully saturated rings. The van der Waals surface area contributed by atoms with Gasteiger partial charge >= 0.3 is 5.97 Å². The van der Waals surface area contributed by atoms with E-state index in [4.69, 9.17) is 10.5 Å². The van der Waals surface area contributed by atoms with E-state index in [-0.39, 0.29) is 29.5 Å². The van der Waals surface area contributed by atoms with Crippen molar-refractivity contribution in [3.63, 3.8) is 0 Å². The van der Waals surface area contributed by atoms with Crippen LogP contribution in [0.4, 0.5) is 11.4 Å². The van der Waals surface area contributed by atoms with E-state index in [2.05, 4.69) is 12.1 Å². The molecule has 0 saturated carbocycles. The molecule has 0 aromatic heterocycles. The minimum Gasteiger partial charge on any atom is -0.452 e. The molecule has 0 atom stereocenters. The maximum absolute atomic E-state index is 12.4. The lowest BCUT2D eigenvalue weighted by Gasteiger charge is -2.32. The topological polar surface area (TPSA) is 116 Å². The second-order valence-electron chi connectivity index (χ2n) is 7.12. The maximum atomic E-state index is 12.4. The van der Waals surface area contributed by atoms with Crippen molar-refractivity contribution in [2.45, 2.75) is 19.3 Å². The van der Waals surface area contributed by atoms with Crippen LogP contribution in [0.2, 0.25) is 0 Å². The zero-order valence-corrected chi connectivity index (χ0v) is 16.0. The number of piperidine rings is 1. The molecule has 3 rings (SSSR count). The molecule has 0 aliphatic carbocycles. The molecule has 29 heavy (non-hydrogen) atoms. The number of ether oxygens (including phenoxy) is 1. The summed E-state index contributed by atoms with van der Waals surface area (Å²) in [6, 6.07) is 13.8. The van der Waals surface area contributed by atoms with Gasteiger partial charge in [0.1, 0.15) is 0 Å². The predicted octanol–water partition coefficient (Wildman–Crippen LogP) is 2.82. The van der Waals surface area contributed by atoms with Gasteiger partial charge in [0.2, 0.25) is 0 Å². The fraction of sp³-hybridized carbons (Fsp3) is 0.333. The Morgan fingerprint density at radius 2 is 1.83 bits per heavy atom. The van der Waals surface area contributed by atoms with E-state index in [0.717, 1.165) is 25.3 Å². The molecule has 8 nitrogen and oxygen atoms in total. The quantitative estimate of drug-likeness (QED) is 0.347. The number of amides is 1. The number of likely N-dealkylation sites (tertiary alicyclic amines) is 1. The van der Waals surface area contributed by atoms with E-state index < -0.39 is 10.9 Å². The van der Waals surface area contributed by atoms with Gasteiger partial charge in [0.05, 0.1) is 16.2 Å². The minimum atomic E-state index is -0.773. The molecule has 0 unspecified atom stereocenters. The second-order valence-corrected chi connectivity index (χ2v) is 7.12. The molecule has 1 heterocycles. The summed E-state index contributed by atoms with van der Waals surface area (Å²) in [5.41, 5.74) is 6.72. The van der Waals surface area contributed by atoms with Crippen LogP contribution >= 0.6 is 0 Å². The summed E-state index contributed by atoms with van der Waals surface area (Å²) < 4.78 is 5.07. The number of nitrogens with zero attached hydrogens (tertiary/aromatic N) is 2. The van der Waals surface area contributed by atoms with E-state index >= 15 is 0 Å². The highest BCUT2D eigenvalue weighted by Gasteiger charge is 2.24. The molecule has 1 aliphatic heterocycles. The van der Waals surface area contributed by atoms with E-state index in [1.54, 1.807) is 4.90 Å². The lowest BCUT2D eigenvalue weighted by atomic mass is 9.90. The van der Waals surface area contributed by atoms with Crippen LogP contribution in [0.5, 0.6) is 0 Å². The van der Waals surface area contributed by atoms with E-state index in [0.29, 0.717) is 19.0 Å². The Morgan fingerprint density at radius 1 is 1.14 bits per heavy atom. The van der Waals surface area contributed by atoms with Crippen molar-refractivity contribution in [2.75, 3.05) is 25.4 Å². The van der Waals surface area contributed by atoms with Gasteiger partial charge < -0.3 is 15.4 Å². The summed E-state index contributed by atoms with van der Waals surface area (Å²) in [6.07, 6.45) is 2.81. The summed E-state index contributed by atoms with van der Waals surface area (Å²) in [6.45, 7) is 0.889. The number of anilines is 1. The Morgan fingerprint density at radius 3 is 2.45 bits per heavy atom. The number of benzene rings is 2. The first-order valence-electron chi connectivity index (χ1n) is 9.47. The minimum absolute atomic E-state index is 0.00460. The highest BCUT2D eigenvalue weighted by atomic mass is 16.6. The molecule has 0 spiro atoms. The number of nitro groups is 1. The molecule has 0 bridgehead atoms. The number of nitrogens with two attached hydrogens (primary N) is 1. The van der Waals surface area contributed by atoms with Crippen molar-refractivity contribution in [2.24, 2.45) is 5.92 Å². The van der Waals surface area contributed by atoms with Crippen LogP contribution in [0.15, 0.2) is 48.5 Å². The first kappa shape index (κ1) is 20.3. The van der Waals surface area contributed by atoms with Crippen molar-refractivity contribution < 1.29 is 19.2 Å². The fourth-order valence-corrected chi connectivity index (χ4v) is 3.48. The van der Waals surface area contributed by atoms with Gasteiger partial charge in [0.25, 0.3) is 11.6 Å². The maximum Gasteiger partial charge on any atom is 0.340 e. The molecule has 1 amide bonds. The van der Waals surface area contributed by atoms with Crippen LogP contribution in [0, 0.1) is 16.0 Å². The molecule has 0 radical (unpaired) electrons. The summed E-state index contributed by atoms with van der Waals surface area (Å²) >= 11 is 0. The number of rotatable bonds is 6. The number of carbonyl (C=O) groups excluding carboxylic acids is 2. The van der Waals surface area contributed by atoms with Crippen molar-refractivity contribution in [1.29, 1.82) is 0 Å². The predicted molar refractivity (Wildman–Crippen MR) is 107 cm³/mol. The lowest BCUT2D eigenvalue weighted by Crippen LogP contribution is -2.41. The Balaban J connectivity index is 1.46. The lowest BCUT2D eigenvalue weighted by molar-refractivity contribution is -0.384. The number of esters is 1. The van der Waals surface area contributed by atoms with Crippen molar-refractivity contribution in [3.05, 3.63) is 69.8 Å². The summed E-state index contributed by atoms with van der Waals surface area (Å²) in [5.74, 6) is -0.495. The Bertz CT molecular complexity index is 892. The molecule has 2 aromatic rings. The van der Waals surface area contributed by atoms with Gasteiger partial charge in [-0.25, -0.2) is 4.79 Å². The average Bonchev–Trinajstić information content (AvgIpc) is 2.73. The molecule has 1 aliphatic rings. The molecule has 152 valence electrons. The zero-order chi connectivity index (χ0) is 20.8. The normalized spacial score (nSPS) is 14.4. The fourth-order valence-electron chi connectivity index (χ4n) is 3.48. The first-order chi connectivity index (χ1) is 13.9. The average molecular weight is 397 g/mol. The van der Waals surface area contributed by atoms with Gasteiger partial charge in [0, 0.05) is 25.2 Å². The van der Waals surface area contributed by atoms with Gasteiger partial charge in [0.15, 0.2) is 6.61 Å². The van der Waals surface area contributed by atoms with Crippen LogP contribution in [0.1, 0.15) is 28.8 Å². The molecule has 2 N–H and O–H groups in total. The van der Waals surface area contributed by atoms with Gasteiger partial charge in [-0.1, -0.05) is 30.3 Å². The zero-order valence-electron chi connectivity index (χ0n) is 16.0. The van der Waals surface area contributed by atoms with E-state index in [1.165, 1.54) is 17.7 Å². The Kier molecular flexibility index (Phi) is 6.43. The summed E-state index contributed by atoms with van der Waals surface area (Å²) in [4.78, 5) is 36.3. The first-order valence-corrected chi connectivity index (χ1v) is 9.47. The van der Waals surface area contributed by atoms with Crippen molar-refractivity contribution in [1.82, 2.24) is 4.90 Å². The molecular formula is C21H23N3O5. The van der Waals surface area contributed by atoms with Gasteiger partial charge in [-0.2, -0.15) is 0 Å². The summed E-state index contributed by atoms with van der Waals surface area (Å²) in [5, 5.41) is 10.7. The van der Waals surface area contributed by atoms with Gasteiger partial charge in [-0.3, -0.25) is 14.9 Å². The third kappa shape index (κ3) is 5.31. The number of hydrogen-bond donors (Lipinski definition) is 1. The summed E-state index contributed by atoms with van der Waals surface area (Å²) in [7, 11) is 0. The number of carbonyl (C=O) groups is 2. The van der Waals surface area contributed by atoms with E-state index in [9.17, 15) is 19.7 Å². The van der Waals surface area contributed by atoms with E-state index in [1.807, 2.05) is 18.2 Å². The van der Waals surface area contributed by atoms with Crippen LogP contribution in [0.25, 0.3) is 0 Å². The third-order valence-electron chi connectivity index (χ3n) is 5.13. The molecule has 1 saturated heterocycles. The Labute approximate surface area is 168 Å². The van der Waals surface area contributed by atoms with Crippen LogP contribution in [-0.2, 0) is 16.0 Å². The third-order valence-corrected chi connectivity index (χ3v) is 5.13. The van der Waals surface area contributed by atoms with Gasteiger partial charge in [-0.05, 0) is 36.8 Å². The number of nitro benzene ring substituents is 1. The standard InChI is InChI=1S/C21H23N3O5/c22-19-13-17(24(27)28)6-7-18(19)21(26)29-14-20(25)23-10-8-16(9-11-23)12-15-4-2-1-3-5-15/h1-7,13,16H,8-12,14,22H2. The van der Waals surface area contributed by atoms with Crippen LogP contribution in [0.3, 0.4) is 0 Å². The smallest absolute Gasteiger partial charge is 0.340 e. The highest BCUT2D eigenvalue weighted by molar-refractivity contribution is 5.96. The van der Waals surface area contributed by atoms with Gasteiger partial charge in [-0.15, -0.1) is 0 Å². The molecular weight excluding hydrogens is 374 g/mol. The molecule has 2 aromatic carbocycles. The number of nitrogen functional groups attached to an aromatic ring is 1. The largest absolute Gasteiger partial charge is 0.452 e. The SMILES string of the molecule is Nc1cc([N+](=O)[O-])ccc1C(=O)OCC(=O)N1CCC(Cc2ccccc2)CC1.